The summed E-state index contributed by atoms with van der Waals surface area (Å²) in [6.45, 7) is 2.15. The van der Waals surface area contributed by atoms with E-state index in [2.05, 4.69) is 6.92 Å². The molecule has 0 aliphatic carbocycles. The van der Waals surface area contributed by atoms with E-state index in [1.54, 1.807) is 0 Å². The van der Waals surface area contributed by atoms with E-state index < -0.39 is 5.97 Å². The van der Waals surface area contributed by atoms with Gasteiger partial charge in [0.05, 0.1) is 0 Å². The summed E-state index contributed by atoms with van der Waals surface area (Å²) in [5.41, 5.74) is 0. The first-order chi connectivity index (χ1) is 4.77. The van der Waals surface area contributed by atoms with Crippen molar-refractivity contribution in [1.29, 1.82) is 0 Å². The van der Waals surface area contributed by atoms with Crippen LogP contribution in [0.15, 0.2) is 0 Å². The standard InChI is InChI=1S/C8H16O2.Al.3H/c1-2-3-4-5-6-7-8(9)10;;;;/h2-7H2,1H3,(H,9,10);;;;. The van der Waals surface area contributed by atoms with E-state index in [1.807, 2.05) is 0 Å². The molecule has 2 nitrogen and oxygen atoms in total. The van der Waals surface area contributed by atoms with Gasteiger partial charge in [-0.05, 0) is 6.42 Å². The minimum atomic E-state index is -0.670. The van der Waals surface area contributed by atoms with Gasteiger partial charge in [0.25, 0.3) is 0 Å². The highest BCUT2D eigenvalue weighted by Gasteiger charge is 1.94. The number of hydrogen-bond acceptors (Lipinski definition) is 1. The molecule has 0 radical (unpaired) electrons. The molecule has 0 heterocycles. The number of unbranched alkanes of at least 4 members (excludes halogenated alkanes) is 4. The van der Waals surface area contributed by atoms with Crippen LogP contribution >= 0.6 is 0 Å². The molecule has 0 aliphatic heterocycles. The first-order valence-electron chi connectivity index (χ1n) is 3.99. The average Bonchev–Trinajstić information content (AvgIpc) is 1.87. The summed E-state index contributed by atoms with van der Waals surface area (Å²) < 4.78 is 0. The second-order valence-corrected chi connectivity index (χ2v) is 2.56. The molecule has 0 aromatic carbocycles. The largest absolute Gasteiger partial charge is 0.481 e. The molecular weight excluding hydrogens is 155 g/mol. The molecule has 11 heavy (non-hydrogen) atoms. The van der Waals surface area contributed by atoms with Gasteiger partial charge in [-0.15, -0.1) is 0 Å². The molecule has 0 aromatic rings. The molecule has 0 saturated heterocycles. The first-order valence-corrected chi connectivity index (χ1v) is 3.99. The Morgan fingerprint density at radius 3 is 2.18 bits per heavy atom. The lowest BCUT2D eigenvalue weighted by Gasteiger charge is -1.95. The quantitative estimate of drug-likeness (QED) is 0.486. The summed E-state index contributed by atoms with van der Waals surface area (Å²) in [7, 11) is 0. The Bertz CT molecular complexity index is 94.1. The molecule has 0 spiro atoms. The third kappa shape index (κ3) is 13.1. The lowest BCUT2D eigenvalue weighted by molar-refractivity contribution is -0.137. The van der Waals surface area contributed by atoms with Crippen molar-refractivity contribution in [2.24, 2.45) is 0 Å². The monoisotopic (exact) mass is 174 g/mol. The molecule has 0 aromatic heterocycles. The van der Waals surface area contributed by atoms with Gasteiger partial charge in [0.1, 0.15) is 0 Å². The van der Waals surface area contributed by atoms with Crippen LogP contribution in [0.1, 0.15) is 45.4 Å². The molecule has 0 unspecified atom stereocenters. The van der Waals surface area contributed by atoms with Crippen LogP contribution < -0.4 is 0 Å². The SMILES string of the molecule is CCCCCCCC(=O)O.[AlH3]. The number of hydrogen-bond donors (Lipinski definition) is 1. The van der Waals surface area contributed by atoms with Crippen LogP contribution in [0.25, 0.3) is 0 Å². The predicted octanol–water partition coefficient (Wildman–Crippen LogP) is 1.25. The van der Waals surface area contributed by atoms with Gasteiger partial charge in [-0.2, -0.15) is 0 Å². The van der Waals surface area contributed by atoms with Crippen molar-refractivity contribution in [3.8, 4) is 0 Å². The van der Waals surface area contributed by atoms with E-state index in [1.165, 1.54) is 19.3 Å². The number of carboxylic acids is 1. The minimum Gasteiger partial charge on any atom is -0.481 e. The van der Waals surface area contributed by atoms with Crippen molar-refractivity contribution in [2.75, 3.05) is 0 Å². The number of aliphatic carboxylic acids is 1. The number of rotatable bonds is 6. The van der Waals surface area contributed by atoms with Crippen LogP contribution in [0.2, 0.25) is 0 Å². The molecule has 0 rings (SSSR count). The highest BCUT2D eigenvalue weighted by atomic mass is 27.0. The van der Waals surface area contributed by atoms with Crippen LogP contribution in [-0.2, 0) is 4.79 Å². The van der Waals surface area contributed by atoms with Gasteiger partial charge in [-0.25, -0.2) is 0 Å². The van der Waals surface area contributed by atoms with Crippen molar-refractivity contribution >= 4 is 23.3 Å². The van der Waals surface area contributed by atoms with Crippen LogP contribution in [0.3, 0.4) is 0 Å². The molecule has 0 bridgehead atoms. The van der Waals surface area contributed by atoms with Crippen molar-refractivity contribution in [3.05, 3.63) is 0 Å². The van der Waals surface area contributed by atoms with Crippen molar-refractivity contribution < 1.29 is 9.90 Å². The molecule has 0 aliphatic rings. The lowest BCUT2D eigenvalue weighted by Crippen LogP contribution is -1.93. The molecule has 0 fully saturated rings. The Morgan fingerprint density at radius 1 is 1.18 bits per heavy atom. The molecular formula is C8H19AlO2. The molecule has 0 amide bonds. The molecule has 66 valence electrons. The Kier molecular flexibility index (Phi) is 12.4. The van der Waals surface area contributed by atoms with Crippen molar-refractivity contribution in [1.82, 2.24) is 0 Å². The smallest absolute Gasteiger partial charge is 0.303 e. The highest BCUT2D eigenvalue weighted by Crippen LogP contribution is 2.04. The third-order valence-electron chi connectivity index (χ3n) is 1.49. The lowest BCUT2D eigenvalue weighted by atomic mass is 10.1. The fraction of sp³-hybridized carbons (Fsp3) is 0.875. The van der Waals surface area contributed by atoms with E-state index in [4.69, 9.17) is 5.11 Å². The Labute approximate surface area is 79.1 Å². The summed E-state index contributed by atoms with van der Waals surface area (Å²) in [6.07, 6.45) is 5.88. The summed E-state index contributed by atoms with van der Waals surface area (Å²) in [5.74, 6) is -0.670. The fourth-order valence-corrected chi connectivity index (χ4v) is 0.880. The summed E-state index contributed by atoms with van der Waals surface area (Å²) >= 11 is 0. The second-order valence-electron chi connectivity index (χ2n) is 2.56. The van der Waals surface area contributed by atoms with E-state index in [-0.39, 0.29) is 17.4 Å². The highest BCUT2D eigenvalue weighted by molar-refractivity contribution is 5.75. The number of carboxylic acid groups (broad SMARTS) is 1. The van der Waals surface area contributed by atoms with Gasteiger partial charge in [-0.3, -0.25) is 4.79 Å². The van der Waals surface area contributed by atoms with E-state index in [9.17, 15) is 4.79 Å². The normalized spacial score (nSPS) is 8.82. The average molecular weight is 174 g/mol. The Hall–Kier alpha value is 0.00247. The van der Waals surface area contributed by atoms with Gasteiger partial charge in [-0.1, -0.05) is 32.6 Å². The molecule has 1 N–H and O–H groups in total. The van der Waals surface area contributed by atoms with Crippen LogP contribution in [0, 0.1) is 0 Å². The first kappa shape index (κ1) is 13.6. The Morgan fingerprint density at radius 2 is 1.73 bits per heavy atom. The molecule has 3 heteroatoms. The molecule has 0 atom stereocenters. The van der Waals surface area contributed by atoms with Crippen LogP contribution in [0.5, 0.6) is 0 Å². The zero-order valence-electron chi connectivity index (χ0n) is 6.60. The summed E-state index contributed by atoms with van der Waals surface area (Å²) in [4.78, 5) is 10.0. The second kappa shape index (κ2) is 10.0. The maximum atomic E-state index is 10.0. The zero-order chi connectivity index (χ0) is 7.82. The van der Waals surface area contributed by atoms with Gasteiger partial charge in [0.2, 0.25) is 0 Å². The topological polar surface area (TPSA) is 37.3 Å². The summed E-state index contributed by atoms with van der Waals surface area (Å²) in [6, 6.07) is 0. The molecule has 0 saturated carbocycles. The maximum absolute atomic E-state index is 10.0. The van der Waals surface area contributed by atoms with Gasteiger partial charge in [0, 0.05) is 6.42 Å². The zero-order valence-corrected chi connectivity index (χ0v) is 6.60. The fourth-order valence-electron chi connectivity index (χ4n) is 0.880. The van der Waals surface area contributed by atoms with Crippen LogP contribution in [0.4, 0.5) is 0 Å². The van der Waals surface area contributed by atoms with Gasteiger partial charge < -0.3 is 5.11 Å². The predicted molar refractivity (Wildman–Crippen MR) is 51.0 cm³/mol. The van der Waals surface area contributed by atoms with Gasteiger partial charge in [0.15, 0.2) is 17.4 Å². The Balaban J connectivity index is 0. The maximum Gasteiger partial charge on any atom is 0.303 e. The third-order valence-corrected chi connectivity index (χ3v) is 1.49. The number of carbonyl (C=O) groups is 1. The van der Waals surface area contributed by atoms with Crippen LogP contribution in [-0.4, -0.2) is 28.4 Å². The summed E-state index contributed by atoms with van der Waals surface area (Å²) in [5, 5.41) is 8.27. The minimum absolute atomic E-state index is 0. The van der Waals surface area contributed by atoms with E-state index >= 15 is 0 Å². The van der Waals surface area contributed by atoms with E-state index in [0.29, 0.717) is 6.42 Å². The van der Waals surface area contributed by atoms with Crippen molar-refractivity contribution in [2.45, 2.75) is 45.4 Å². The van der Waals surface area contributed by atoms with Gasteiger partial charge >= 0.3 is 5.97 Å². The van der Waals surface area contributed by atoms with Crippen molar-refractivity contribution in [3.63, 3.8) is 0 Å². The van der Waals surface area contributed by atoms with E-state index in [0.717, 1.165) is 12.8 Å².